The minimum absolute atomic E-state index is 0.0928. The molecule has 5 heteroatoms. The maximum atomic E-state index is 5.54. The van der Waals surface area contributed by atoms with Gasteiger partial charge in [0, 0.05) is 12.6 Å². The fourth-order valence-corrected chi connectivity index (χ4v) is 3.35. The van der Waals surface area contributed by atoms with Crippen molar-refractivity contribution in [3.63, 3.8) is 0 Å². The summed E-state index contributed by atoms with van der Waals surface area (Å²) in [5, 5.41) is 4.49. The van der Waals surface area contributed by atoms with E-state index < -0.39 is 0 Å². The molecule has 0 amide bonds. The normalized spacial score (nSPS) is 12.5. The first-order valence-corrected chi connectivity index (χ1v) is 7.06. The molecule has 2 heterocycles. The lowest BCUT2D eigenvalue weighted by atomic mass is 9.89. The standard InChI is InChI=1S/C13H22N4S/c1-6-13(7-2,8-3)17-11-10(14-12(17)18)9(4)15-16(11)5/h6-8H2,1-5H3,(H,14,18). The number of aromatic amines is 1. The number of imidazole rings is 1. The Morgan fingerprint density at radius 3 is 2.28 bits per heavy atom. The van der Waals surface area contributed by atoms with Gasteiger partial charge in [-0.2, -0.15) is 5.10 Å². The van der Waals surface area contributed by atoms with Crippen LogP contribution in [0.4, 0.5) is 0 Å². The molecule has 0 saturated carbocycles. The van der Waals surface area contributed by atoms with Gasteiger partial charge in [0.25, 0.3) is 0 Å². The number of rotatable bonds is 4. The zero-order chi connectivity index (χ0) is 13.5. The summed E-state index contributed by atoms with van der Waals surface area (Å²) in [5.41, 5.74) is 3.29. The first-order chi connectivity index (χ1) is 8.50. The minimum atomic E-state index is 0.0928. The second-order valence-electron chi connectivity index (χ2n) is 4.96. The van der Waals surface area contributed by atoms with Gasteiger partial charge in [-0.3, -0.25) is 9.25 Å². The lowest BCUT2D eigenvalue weighted by Gasteiger charge is -2.32. The highest BCUT2D eigenvalue weighted by molar-refractivity contribution is 7.71. The van der Waals surface area contributed by atoms with Gasteiger partial charge in [-0.1, -0.05) is 20.8 Å². The van der Waals surface area contributed by atoms with Gasteiger partial charge in [0.2, 0.25) is 0 Å². The van der Waals surface area contributed by atoms with Gasteiger partial charge in [0.1, 0.15) is 5.52 Å². The molecule has 1 N–H and O–H groups in total. The van der Waals surface area contributed by atoms with Crippen molar-refractivity contribution in [1.82, 2.24) is 19.3 Å². The third-order valence-corrected chi connectivity index (χ3v) is 4.57. The van der Waals surface area contributed by atoms with Gasteiger partial charge >= 0.3 is 0 Å². The first kappa shape index (κ1) is 13.3. The van der Waals surface area contributed by atoms with Crippen molar-refractivity contribution in [3.8, 4) is 0 Å². The zero-order valence-electron chi connectivity index (χ0n) is 11.9. The van der Waals surface area contributed by atoms with Crippen molar-refractivity contribution in [2.45, 2.75) is 52.5 Å². The van der Waals surface area contributed by atoms with Crippen molar-refractivity contribution < 1.29 is 0 Å². The summed E-state index contributed by atoms with van der Waals surface area (Å²) < 4.78 is 5.02. The van der Waals surface area contributed by atoms with Crippen molar-refractivity contribution in [3.05, 3.63) is 10.5 Å². The van der Waals surface area contributed by atoms with E-state index in [0.29, 0.717) is 0 Å². The zero-order valence-corrected chi connectivity index (χ0v) is 12.7. The summed E-state index contributed by atoms with van der Waals surface area (Å²) >= 11 is 5.54. The summed E-state index contributed by atoms with van der Waals surface area (Å²) in [6.07, 6.45) is 3.22. The van der Waals surface area contributed by atoms with Gasteiger partial charge in [-0.05, 0) is 38.4 Å². The summed E-state index contributed by atoms with van der Waals surface area (Å²) in [7, 11) is 1.99. The van der Waals surface area contributed by atoms with Crippen molar-refractivity contribution >= 4 is 23.4 Å². The monoisotopic (exact) mass is 266 g/mol. The van der Waals surface area contributed by atoms with Gasteiger partial charge in [-0.25, -0.2) is 0 Å². The van der Waals surface area contributed by atoms with Crippen LogP contribution in [0.1, 0.15) is 45.7 Å². The molecule has 18 heavy (non-hydrogen) atoms. The Morgan fingerprint density at radius 2 is 1.78 bits per heavy atom. The second-order valence-corrected chi connectivity index (χ2v) is 5.34. The molecule has 2 aromatic rings. The van der Waals surface area contributed by atoms with Crippen LogP contribution in [0.5, 0.6) is 0 Å². The van der Waals surface area contributed by atoms with Gasteiger partial charge in [0.15, 0.2) is 10.4 Å². The molecule has 100 valence electrons. The summed E-state index contributed by atoms with van der Waals surface area (Å²) in [4.78, 5) is 3.32. The fraction of sp³-hybridized carbons (Fsp3) is 0.692. The third-order valence-electron chi connectivity index (χ3n) is 4.29. The SMILES string of the molecule is CCC(CC)(CC)n1c(=S)[nH]c2c(C)nn(C)c21. The predicted molar refractivity (Wildman–Crippen MR) is 77.5 cm³/mol. The van der Waals surface area contributed by atoms with Crippen LogP contribution in [0.3, 0.4) is 0 Å². The molecule has 4 nitrogen and oxygen atoms in total. The summed E-state index contributed by atoms with van der Waals surface area (Å²) in [6.45, 7) is 8.72. The molecule has 0 unspecified atom stereocenters. The molecule has 0 atom stereocenters. The largest absolute Gasteiger partial charge is 0.328 e. The third kappa shape index (κ3) is 1.64. The molecule has 2 rings (SSSR count). The smallest absolute Gasteiger partial charge is 0.179 e. The molecule has 0 aliphatic carbocycles. The molecular formula is C13H22N4S. The molecule has 0 fully saturated rings. The minimum Gasteiger partial charge on any atom is -0.328 e. The lowest BCUT2D eigenvalue weighted by Crippen LogP contribution is -2.32. The number of aryl methyl sites for hydroxylation is 2. The van der Waals surface area contributed by atoms with Crippen LogP contribution in [0.15, 0.2) is 0 Å². The molecule has 0 aliphatic rings. The van der Waals surface area contributed by atoms with E-state index in [4.69, 9.17) is 12.2 Å². The number of nitrogens with one attached hydrogen (secondary N) is 1. The van der Waals surface area contributed by atoms with Crippen LogP contribution in [-0.4, -0.2) is 19.3 Å². The van der Waals surface area contributed by atoms with Crippen LogP contribution < -0.4 is 0 Å². The molecule has 2 aromatic heterocycles. The van der Waals surface area contributed by atoms with E-state index in [0.717, 1.165) is 40.9 Å². The number of hydrogen-bond acceptors (Lipinski definition) is 2. The van der Waals surface area contributed by atoms with Gasteiger partial charge < -0.3 is 4.98 Å². The predicted octanol–water partition coefficient (Wildman–Crippen LogP) is 3.67. The average Bonchev–Trinajstić information content (AvgIpc) is 2.83. The topological polar surface area (TPSA) is 38.5 Å². The summed E-state index contributed by atoms with van der Waals surface area (Å²) in [6, 6.07) is 0. The van der Waals surface area contributed by atoms with E-state index in [9.17, 15) is 0 Å². The van der Waals surface area contributed by atoms with E-state index in [1.807, 2.05) is 18.7 Å². The number of H-pyrrole nitrogens is 1. The quantitative estimate of drug-likeness (QED) is 0.858. The fourth-order valence-electron chi connectivity index (χ4n) is 2.97. The Kier molecular flexibility index (Phi) is 3.36. The molecule has 0 bridgehead atoms. The Bertz CT molecular complexity index is 604. The maximum absolute atomic E-state index is 5.54. The van der Waals surface area contributed by atoms with Crippen LogP contribution in [0, 0.1) is 11.7 Å². The number of aromatic nitrogens is 4. The molecule has 0 radical (unpaired) electrons. The first-order valence-electron chi connectivity index (χ1n) is 6.65. The Hall–Kier alpha value is -1.10. The Balaban J connectivity index is 2.85. The number of nitrogens with zero attached hydrogens (tertiary/aromatic N) is 3. The van der Waals surface area contributed by atoms with E-state index in [2.05, 4.69) is 35.4 Å². The van der Waals surface area contributed by atoms with Crippen LogP contribution in [-0.2, 0) is 12.6 Å². The van der Waals surface area contributed by atoms with Crippen molar-refractivity contribution in [1.29, 1.82) is 0 Å². The lowest BCUT2D eigenvalue weighted by molar-refractivity contribution is 0.252. The average molecular weight is 266 g/mol. The second kappa shape index (κ2) is 4.53. The van der Waals surface area contributed by atoms with E-state index in [1.54, 1.807) is 0 Å². The van der Waals surface area contributed by atoms with E-state index >= 15 is 0 Å². The highest BCUT2D eigenvalue weighted by Gasteiger charge is 2.30. The van der Waals surface area contributed by atoms with Crippen LogP contribution >= 0.6 is 12.2 Å². The molecule has 0 aliphatic heterocycles. The maximum Gasteiger partial charge on any atom is 0.179 e. The highest BCUT2D eigenvalue weighted by Crippen LogP contribution is 2.33. The molecular weight excluding hydrogens is 244 g/mol. The Labute approximate surface area is 113 Å². The van der Waals surface area contributed by atoms with Crippen LogP contribution in [0.2, 0.25) is 0 Å². The van der Waals surface area contributed by atoms with E-state index in [-0.39, 0.29) is 5.54 Å². The van der Waals surface area contributed by atoms with Gasteiger partial charge in [0.05, 0.1) is 5.69 Å². The molecule has 0 aromatic carbocycles. The highest BCUT2D eigenvalue weighted by atomic mass is 32.1. The number of fused-ring (bicyclic) bond motifs is 1. The van der Waals surface area contributed by atoms with Crippen molar-refractivity contribution in [2.24, 2.45) is 7.05 Å². The number of hydrogen-bond donors (Lipinski definition) is 1. The van der Waals surface area contributed by atoms with Crippen LogP contribution in [0.25, 0.3) is 11.2 Å². The molecule has 0 spiro atoms. The Morgan fingerprint density at radius 1 is 1.22 bits per heavy atom. The summed E-state index contributed by atoms with van der Waals surface area (Å²) in [5.74, 6) is 0. The van der Waals surface area contributed by atoms with E-state index in [1.165, 1.54) is 0 Å². The van der Waals surface area contributed by atoms with Crippen molar-refractivity contribution in [2.75, 3.05) is 0 Å². The van der Waals surface area contributed by atoms with Gasteiger partial charge in [-0.15, -0.1) is 0 Å². The molecule has 0 saturated heterocycles.